The number of benzene rings is 2. The number of methoxy groups -OCH3 is 1. The van der Waals surface area contributed by atoms with Crippen LogP contribution in [0.5, 0.6) is 11.5 Å². The number of carbonyl (C=O) groups excluding carboxylic acids is 1. The Morgan fingerprint density at radius 2 is 1.86 bits per heavy atom. The minimum atomic E-state index is -0.700. The minimum Gasteiger partial charge on any atom is -0.457 e. The molecule has 0 saturated carbocycles. The van der Waals surface area contributed by atoms with Gasteiger partial charge in [-0.25, -0.2) is 0 Å². The Labute approximate surface area is 123 Å². The van der Waals surface area contributed by atoms with E-state index < -0.39 is 6.04 Å². The molecule has 0 radical (unpaired) electrons. The Balaban J connectivity index is 2.02. The van der Waals surface area contributed by atoms with Gasteiger partial charge >= 0.3 is 0 Å². The molecule has 0 aliphatic heterocycles. The van der Waals surface area contributed by atoms with Gasteiger partial charge in [-0.05, 0) is 24.3 Å². The molecule has 21 heavy (non-hydrogen) atoms. The SMILES string of the molecule is COCC(N)C(=O)Nc1cccc(Oc2ccccc2)c1. The maximum Gasteiger partial charge on any atom is 0.243 e. The number of hydrogen-bond acceptors (Lipinski definition) is 4. The predicted molar refractivity (Wildman–Crippen MR) is 81.4 cm³/mol. The van der Waals surface area contributed by atoms with E-state index in [1.807, 2.05) is 36.4 Å². The number of ether oxygens (including phenoxy) is 2. The van der Waals surface area contributed by atoms with Crippen molar-refractivity contribution in [1.29, 1.82) is 0 Å². The van der Waals surface area contributed by atoms with Crippen molar-refractivity contribution in [2.24, 2.45) is 5.73 Å². The molecule has 5 heteroatoms. The van der Waals surface area contributed by atoms with Crippen LogP contribution in [0.3, 0.4) is 0 Å². The Bertz CT molecular complexity index is 587. The minimum absolute atomic E-state index is 0.173. The third kappa shape index (κ3) is 4.59. The van der Waals surface area contributed by atoms with E-state index in [2.05, 4.69) is 5.32 Å². The summed E-state index contributed by atoms with van der Waals surface area (Å²) < 4.78 is 10.6. The summed E-state index contributed by atoms with van der Waals surface area (Å²) in [6.07, 6.45) is 0. The fraction of sp³-hybridized carbons (Fsp3) is 0.188. The number of nitrogens with one attached hydrogen (secondary N) is 1. The van der Waals surface area contributed by atoms with Gasteiger partial charge in [0, 0.05) is 18.9 Å². The van der Waals surface area contributed by atoms with E-state index in [0.717, 1.165) is 5.75 Å². The fourth-order valence-electron chi connectivity index (χ4n) is 1.75. The van der Waals surface area contributed by atoms with E-state index >= 15 is 0 Å². The van der Waals surface area contributed by atoms with Gasteiger partial charge in [0.15, 0.2) is 0 Å². The van der Waals surface area contributed by atoms with Crippen LogP contribution in [0.15, 0.2) is 54.6 Å². The second-order valence-electron chi connectivity index (χ2n) is 4.49. The number of amides is 1. The Morgan fingerprint density at radius 3 is 2.57 bits per heavy atom. The van der Waals surface area contributed by atoms with Gasteiger partial charge in [0.25, 0.3) is 0 Å². The quantitative estimate of drug-likeness (QED) is 0.855. The molecule has 0 spiro atoms. The second kappa shape index (κ2) is 7.42. The highest BCUT2D eigenvalue weighted by atomic mass is 16.5. The summed E-state index contributed by atoms with van der Waals surface area (Å²) in [5.41, 5.74) is 6.29. The summed E-state index contributed by atoms with van der Waals surface area (Å²) in [6.45, 7) is 0.173. The first-order valence-corrected chi connectivity index (χ1v) is 6.57. The normalized spacial score (nSPS) is 11.7. The summed E-state index contributed by atoms with van der Waals surface area (Å²) in [6, 6.07) is 15.9. The Kier molecular flexibility index (Phi) is 5.31. The molecule has 2 aromatic rings. The molecule has 0 saturated heterocycles. The molecule has 5 nitrogen and oxygen atoms in total. The van der Waals surface area contributed by atoms with Crippen LogP contribution in [0.2, 0.25) is 0 Å². The zero-order valence-electron chi connectivity index (χ0n) is 11.8. The Hall–Kier alpha value is -2.37. The van der Waals surface area contributed by atoms with Crippen LogP contribution in [-0.2, 0) is 9.53 Å². The molecule has 1 atom stereocenters. The van der Waals surface area contributed by atoms with Crippen LogP contribution in [0, 0.1) is 0 Å². The maximum atomic E-state index is 11.8. The smallest absolute Gasteiger partial charge is 0.243 e. The molecule has 3 N–H and O–H groups in total. The van der Waals surface area contributed by atoms with Crippen molar-refractivity contribution in [2.75, 3.05) is 19.0 Å². The average molecular weight is 286 g/mol. The van der Waals surface area contributed by atoms with Crippen molar-refractivity contribution in [2.45, 2.75) is 6.04 Å². The molecule has 0 bridgehead atoms. The van der Waals surface area contributed by atoms with Crippen LogP contribution in [0.4, 0.5) is 5.69 Å². The topological polar surface area (TPSA) is 73.6 Å². The van der Waals surface area contributed by atoms with Crippen molar-refractivity contribution >= 4 is 11.6 Å². The summed E-state index contributed by atoms with van der Waals surface area (Å²) in [4.78, 5) is 11.8. The van der Waals surface area contributed by atoms with E-state index in [9.17, 15) is 4.79 Å². The van der Waals surface area contributed by atoms with Crippen molar-refractivity contribution in [3.05, 3.63) is 54.6 Å². The zero-order chi connectivity index (χ0) is 15.1. The summed E-state index contributed by atoms with van der Waals surface area (Å²) in [5.74, 6) is 1.07. The highest BCUT2D eigenvalue weighted by Gasteiger charge is 2.13. The van der Waals surface area contributed by atoms with Crippen molar-refractivity contribution in [1.82, 2.24) is 0 Å². The van der Waals surface area contributed by atoms with E-state index in [1.165, 1.54) is 7.11 Å². The summed E-state index contributed by atoms with van der Waals surface area (Å²) >= 11 is 0. The maximum absolute atomic E-state index is 11.8. The standard InChI is InChI=1S/C16H18N2O3/c1-20-11-15(17)16(19)18-12-6-5-9-14(10-12)21-13-7-3-2-4-8-13/h2-10,15H,11,17H2,1H3,(H,18,19). The predicted octanol–water partition coefficient (Wildman–Crippen LogP) is 2.39. The van der Waals surface area contributed by atoms with Gasteiger partial charge in [0.2, 0.25) is 5.91 Å². The van der Waals surface area contributed by atoms with Crippen molar-refractivity contribution in [3.8, 4) is 11.5 Å². The molecule has 0 heterocycles. The summed E-state index contributed by atoms with van der Waals surface area (Å²) in [7, 11) is 1.50. The fourth-order valence-corrected chi connectivity index (χ4v) is 1.75. The lowest BCUT2D eigenvalue weighted by Crippen LogP contribution is -2.39. The molecule has 0 aliphatic carbocycles. The van der Waals surface area contributed by atoms with Crippen molar-refractivity contribution < 1.29 is 14.3 Å². The first-order valence-electron chi connectivity index (χ1n) is 6.57. The molecular weight excluding hydrogens is 268 g/mol. The van der Waals surface area contributed by atoms with E-state index in [1.54, 1.807) is 18.2 Å². The number of carbonyl (C=O) groups is 1. The largest absolute Gasteiger partial charge is 0.457 e. The third-order valence-corrected chi connectivity index (χ3v) is 2.76. The Morgan fingerprint density at radius 1 is 1.14 bits per heavy atom. The number of nitrogens with two attached hydrogens (primary N) is 1. The molecule has 0 aliphatic rings. The molecule has 0 fully saturated rings. The molecule has 2 rings (SSSR count). The lowest BCUT2D eigenvalue weighted by atomic mass is 10.2. The molecule has 1 amide bonds. The van der Waals surface area contributed by atoms with Gasteiger partial charge in [-0.15, -0.1) is 0 Å². The highest BCUT2D eigenvalue weighted by Crippen LogP contribution is 2.23. The highest BCUT2D eigenvalue weighted by molar-refractivity contribution is 5.94. The molecular formula is C16H18N2O3. The van der Waals surface area contributed by atoms with Crippen LogP contribution in [0.1, 0.15) is 0 Å². The number of rotatable bonds is 6. The van der Waals surface area contributed by atoms with Gasteiger partial charge in [0.1, 0.15) is 17.5 Å². The zero-order valence-corrected chi connectivity index (χ0v) is 11.8. The molecule has 1 unspecified atom stereocenters. The van der Waals surface area contributed by atoms with Gasteiger partial charge in [-0.3, -0.25) is 4.79 Å². The van der Waals surface area contributed by atoms with Gasteiger partial charge in [-0.1, -0.05) is 24.3 Å². The first kappa shape index (κ1) is 15.0. The average Bonchev–Trinajstić information content (AvgIpc) is 2.49. The number of anilines is 1. The lowest BCUT2D eigenvalue weighted by molar-refractivity contribution is -0.118. The number of para-hydroxylation sites is 1. The number of hydrogen-bond donors (Lipinski definition) is 2. The molecule has 110 valence electrons. The van der Waals surface area contributed by atoms with Crippen LogP contribution < -0.4 is 15.8 Å². The third-order valence-electron chi connectivity index (χ3n) is 2.76. The summed E-state index contributed by atoms with van der Waals surface area (Å²) in [5, 5.41) is 2.73. The van der Waals surface area contributed by atoms with Crippen LogP contribution >= 0.6 is 0 Å². The van der Waals surface area contributed by atoms with E-state index in [0.29, 0.717) is 11.4 Å². The first-order chi connectivity index (χ1) is 10.2. The second-order valence-corrected chi connectivity index (χ2v) is 4.49. The molecule has 2 aromatic carbocycles. The van der Waals surface area contributed by atoms with Crippen LogP contribution in [-0.4, -0.2) is 25.7 Å². The van der Waals surface area contributed by atoms with Gasteiger partial charge in [-0.2, -0.15) is 0 Å². The molecule has 0 aromatic heterocycles. The van der Waals surface area contributed by atoms with Crippen molar-refractivity contribution in [3.63, 3.8) is 0 Å². The monoisotopic (exact) mass is 286 g/mol. The van der Waals surface area contributed by atoms with E-state index in [4.69, 9.17) is 15.2 Å². The van der Waals surface area contributed by atoms with Crippen LogP contribution in [0.25, 0.3) is 0 Å². The van der Waals surface area contributed by atoms with E-state index in [-0.39, 0.29) is 12.5 Å². The van der Waals surface area contributed by atoms with Gasteiger partial charge < -0.3 is 20.5 Å². The van der Waals surface area contributed by atoms with Gasteiger partial charge in [0.05, 0.1) is 6.61 Å². The lowest BCUT2D eigenvalue weighted by Gasteiger charge is -2.12.